The van der Waals surface area contributed by atoms with Crippen LogP contribution in [0.3, 0.4) is 0 Å². The summed E-state index contributed by atoms with van der Waals surface area (Å²) in [7, 11) is 0. The van der Waals surface area contributed by atoms with Crippen molar-refractivity contribution in [3.63, 3.8) is 0 Å². The van der Waals surface area contributed by atoms with Crippen molar-refractivity contribution in [2.45, 2.75) is 51.0 Å². The molecule has 3 aromatic rings. The Hall–Kier alpha value is -2.18. The highest BCUT2D eigenvalue weighted by molar-refractivity contribution is 7.07. The topological polar surface area (TPSA) is 58.4 Å². The highest BCUT2D eigenvalue weighted by Crippen LogP contribution is 2.34. The van der Waals surface area contributed by atoms with Gasteiger partial charge in [-0.1, -0.05) is 6.42 Å². The molecule has 6 heteroatoms. The van der Waals surface area contributed by atoms with Crippen molar-refractivity contribution < 1.29 is 9.90 Å². The van der Waals surface area contributed by atoms with E-state index < -0.39 is 5.97 Å². The highest BCUT2D eigenvalue weighted by atomic mass is 32.1. The lowest BCUT2D eigenvalue weighted by molar-refractivity contribution is -0.137. The van der Waals surface area contributed by atoms with Crippen molar-refractivity contribution in [3.05, 3.63) is 52.6 Å². The summed E-state index contributed by atoms with van der Waals surface area (Å²) in [6, 6.07) is 4.37. The minimum Gasteiger partial charge on any atom is -0.481 e. The van der Waals surface area contributed by atoms with Crippen LogP contribution in [-0.2, 0) is 11.3 Å². The smallest absolute Gasteiger partial charge is 0.303 e. The van der Waals surface area contributed by atoms with Crippen LogP contribution in [0.25, 0.3) is 10.9 Å². The van der Waals surface area contributed by atoms with Crippen LogP contribution in [0.5, 0.6) is 0 Å². The Labute approximate surface area is 176 Å². The van der Waals surface area contributed by atoms with Crippen molar-refractivity contribution in [1.82, 2.24) is 14.5 Å². The van der Waals surface area contributed by atoms with Gasteiger partial charge in [-0.05, 0) is 85.3 Å². The fourth-order valence-electron chi connectivity index (χ4n) is 4.46. The second-order valence-corrected chi connectivity index (χ2v) is 8.84. The van der Waals surface area contributed by atoms with Crippen molar-refractivity contribution >= 4 is 28.2 Å². The molecule has 0 bridgehead atoms. The molecule has 154 valence electrons. The first kappa shape index (κ1) is 20.1. The van der Waals surface area contributed by atoms with E-state index in [1.54, 1.807) is 11.3 Å². The van der Waals surface area contributed by atoms with Crippen LogP contribution in [0.4, 0.5) is 0 Å². The summed E-state index contributed by atoms with van der Waals surface area (Å²) in [4.78, 5) is 17.5. The molecule has 3 aromatic heterocycles. The van der Waals surface area contributed by atoms with E-state index >= 15 is 0 Å². The summed E-state index contributed by atoms with van der Waals surface area (Å²) in [5.41, 5.74) is 4.05. The van der Waals surface area contributed by atoms with Gasteiger partial charge in [0.25, 0.3) is 0 Å². The number of carboxylic acids is 1. The summed E-state index contributed by atoms with van der Waals surface area (Å²) in [6.45, 7) is 4.26. The van der Waals surface area contributed by atoms with E-state index in [1.165, 1.54) is 34.9 Å². The monoisotopic (exact) mass is 411 g/mol. The minimum atomic E-state index is -0.681. The van der Waals surface area contributed by atoms with Gasteiger partial charge in [-0.3, -0.25) is 9.78 Å². The predicted molar refractivity (Wildman–Crippen MR) is 118 cm³/mol. The number of unbranched alkanes of at least 4 members (excludes halogenated alkanes) is 2. The highest BCUT2D eigenvalue weighted by Gasteiger charge is 2.23. The fourth-order valence-corrected chi connectivity index (χ4v) is 5.12. The number of nitrogens with zero attached hydrogens (tertiary/aromatic N) is 3. The summed E-state index contributed by atoms with van der Waals surface area (Å²) in [5.74, 6) is -0.0777. The lowest BCUT2D eigenvalue weighted by atomic mass is 9.89. The van der Waals surface area contributed by atoms with E-state index in [9.17, 15) is 4.79 Å². The number of thiophene rings is 1. The summed E-state index contributed by atoms with van der Waals surface area (Å²) in [5, 5.41) is 14.4. The van der Waals surface area contributed by atoms with E-state index in [2.05, 4.69) is 43.5 Å². The minimum absolute atomic E-state index is 0.298. The number of aliphatic carboxylic acids is 1. The van der Waals surface area contributed by atoms with Crippen LogP contribution in [0.1, 0.15) is 55.6 Å². The van der Waals surface area contributed by atoms with Crippen LogP contribution in [0.2, 0.25) is 0 Å². The third-order valence-electron chi connectivity index (χ3n) is 6.04. The standard InChI is InChI=1S/C23H29N3O2S/c27-23(28)4-2-1-3-10-25-11-6-19(7-12-25)21-16-26(15-18-8-13-29-17-18)22-14-24-9-5-20(21)22/h5,8-9,13-14,16-17,19H,1-4,6-7,10-12,15H2,(H,27,28). The average molecular weight is 412 g/mol. The molecule has 0 aromatic carbocycles. The molecule has 5 nitrogen and oxygen atoms in total. The molecule has 0 spiro atoms. The van der Waals surface area contributed by atoms with E-state index in [4.69, 9.17) is 5.11 Å². The number of fused-ring (bicyclic) bond motifs is 1. The summed E-state index contributed by atoms with van der Waals surface area (Å²) >= 11 is 1.75. The van der Waals surface area contributed by atoms with E-state index in [0.717, 1.165) is 45.4 Å². The number of carboxylic acid groups (broad SMARTS) is 1. The van der Waals surface area contributed by atoms with Gasteiger partial charge in [0.05, 0.1) is 11.7 Å². The Balaban J connectivity index is 1.36. The SMILES string of the molecule is O=C(O)CCCCCN1CCC(c2cn(Cc3ccsc3)c3cnccc23)CC1. The van der Waals surface area contributed by atoms with E-state index in [1.807, 2.05) is 12.4 Å². The molecular formula is C23H29N3O2S. The van der Waals surface area contributed by atoms with Gasteiger partial charge >= 0.3 is 5.97 Å². The van der Waals surface area contributed by atoms with E-state index in [-0.39, 0.29) is 0 Å². The number of hydrogen-bond acceptors (Lipinski definition) is 4. The normalized spacial score (nSPS) is 15.9. The third-order valence-corrected chi connectivity index (χ3v) is 6.77. The Morgan fingerprint density at radius 2 is 2.07 bits per heavy atom. The van der Waals surface area contributed by atoms with Gasteiger partial charge in [0, 0.05) is 30.7 Å². The number of pyridine rings is 1. The molecule has 0 saturated carbocycles. The molecule has 1 fully saturated rings. The third kappa shape index (κ3) is 5.06. The molecule has 1 N–H and O–H groups in total. The van der Waals surface area contributed by atoms with Crippen LogP contribution in [0, 0.1) is 0 Å². The quantitative estimate of drug-likeness (QED) is 0.505. The summed E-state index contributed by atoms with van der Waals surface area (Å²) in [6.07, 6.45) is 11.8. The molecule has 0 radical (unpaired) electrons. The molecule has 1 aliphatic heterocycles. The van der Waals surface area contributed by atoms with Crippen molar-refractivity contribution in [2.24, 2.45) is 0 Å². The maximum atomic E-state index is 10.6. The van der Waals surface area contributed by atoms with Crippen molar-refractivity contribution in [1.29, 1.82) is 0 Å². The second kappa shape index (κ2) is 9.55. The molecule has 0 amide bonds. The average Bonchev–Trinajstić information content (AvgIpc) is 3.37. The molecule has 0 unspecified atom stereocenters. The lowest BCUT2D eigenvalue weighted by Crippen LogP contribution is -2.33. The lowest BCUT2D eigenvalue weighted by Gasteiger charge is -2.32. The van der Waals surface area contributed by atoms with Gasteiger partial charge in [0.15, 0.2) is 0 Å². The van der Waals surface area contributed by atoms with Crippen molar-refractivity contribution in [2.75, 3.05) is 19.6 Å². The van der Waals surface area contributed by atoms with Gasteiger partial charge in [-0.2, -0.15) is 11.3 Å². The first-order chi connectivity index (χ1) is 14.2. The summed E-state index contributed by atoms with van der Waals surface area (Å²) < 4.78 is 2.36. The molecule has 29 heavy (non-hydrogen) atoms. The molecule has 1 aliphatic rings. The molecule has 0 atom stereocenters. The fraction of sp³-hybridized carbons (Fsp3) is 0.478. The zero-order chi connectivity index (χ0) is 20.1. The van der Waals surface area contributed by atoms with Gasteiger partial charge in [-0.25, -0.2) is 0 Å². The first-order valence-corrected chi connectivity index (χ1v) is 11.5. The Bertz CT molecular complexity index is 927. The maximum Gasteiger partial charge on any atom is 0.303 e. The maximum absolute atomic E-state index is 10.6. The van der Waals surface area contributed by atoms with Crippen LogP contribution in [0.15, 0.2) is 41.5 Å². The van der Waals surface area contributed by atoms with Crippen LogP contribution >= 0.6 is 11.3 Å². The second-order valence-electron chi connectivity index (χ2n) is 8.06. The number of piperidine rings is 1. The largest absolute Gasteiger partial charge is 0.481 e. The predicted octanol–water partition coefficient (Wildman–Crippen LogP) is 4.97. The molecule has 1 saturated heterocycles. The Morgan fingerprint density at radius 3 is 2.83 bits per heavy atom. The van der Waals surface area contributed by atoms with Crippen LogP contribution < -0.4 is 0 Å². The number of aromatic nitrogens is 2. The van der Waals surface area contributed by atoms with Gasteiger partial charge < -0.3 is 14.6 Å². The zero-order valence-corrected chi connectivity index (χ0v) is 17.6. The molecule has 0 aliphatic carbocycles. The van der Waals surface area contributed by atoms with Crippen molar-refractivity contribution in [3.8, 4) is 0 Å². The van der Waals surface area contributed by atoms with Gasteiger partial charge in [0.1, 0.15) is 0 Å². The van der Waals surface area contributed by atoms with E-state index in [0.29, 0.717) is 12.3 Å². The number of likely N-dealkylation sites (tertiary alicyclic amines) is 1. The zero-order valence-electron chi connectivity index (χ0n) is 16.8. The number of hydrogen-bond donors (Lipinski definition) is 1. The molecule has 4 heterocycles. The van der Waals surface area contributed by atoms with Gasteiger partial charge in [-0.15, -0.1) is 0 Å². The Morgan fingerprint density at radius 1 is 1.21 bits per heavy atom. The Kier molecular flexibility index (Phi) is 6.62. The van der Waals surface area contributed by atoms with Crippen LogP contribution in [-0.4, -0.2) is 45.2 Å². The number of rotatable bonds is 9. The molecule has 4 rings (SSSR count). The number of carbonyl (C=O) groups is 1. The van der Waals surface area contributed by atoms with Gasteiger partial charge in [0.2, 0.25) is 0 Å². The first-order valence-electron chi connectivity index (χ1n) is 10.6. The molecular weight excluding hydrogens is 382 g/mol.